The summed E-state index contributed by atoms with van der Waals surface area (Å²) in [5.41, 5.74) is 2.42. The Balaban J connectivity index is 2.02. The molecule has 0 amide bonds. The number of hydrogen-bond donors (Lipinski definition) is 1. The molecule has 4 nitrogen and oxygen atoms in total. The van der Waals surface area contributed by atoms with Crippen LogP contribution in [0, 0.1) is 0 Å². The molecule has 0 aromatic heterocycles. The van der Waals surface area contributed by atoms with Gasteiger partial charge in [0.25, 0.3) is 0 Å². The fourth-order valence-corrected chi connectivity index (χ4v) is 2.67. The summed E-state index contributed by atoms with van der Waals surface area (Å²) >= 11 is 0. The molecule has 1 N–H and O–H groups in total. The zero-order chi connectivity index (χ0) is 18.1. The molecular formula is C21H29NO3. The van der Waals surface area contributed by atoms with E-state index in [0.29, 0.717) is 13.2 Å². The molecule has 136 valence electrons. The lowest BCUT2D eigenvalue weighted by atomic mass is 10.1. The van der Waals surface area contributed by atoms with Crippen molar-refractivity contribution in [1.29, 1.82) is 0 Å². The van der Waals surface area contributed by atoms with Crippen LogP contribution in [0.4, 0.5) is 0 Å². The topological polar surface area (TPSA) is 41.9 Å². The van der Waals surface area contributed by atoms with Crippen LogP contribution in [-0.2, 0) is 17.8 Å². The summed E-state index contributed by atoms with van der Waals surface area (Å²) < 4.78 is 10.8. The van der Waals surface area contributed by atoms with Crippen molar-refractivity contribution >= 4 is 0 Å². The fourth-order valence-electron chi connectivity index (χ4n) is 2.67. The van der Waals surface area contributed by atoms with Crippen molar-refractivity contribution in [2.45, 2.75) is 39.1 Å². The Morgan fingerprint density at radius 1 is 0.920 bits per heavy atom. The average molecular weight is 343 g/mol. The molecule has 0 aliphatic heterocycles. The van der Waals surface area contributed by atoms with Gasteiger partial charge >= 0.3 is 0 Å². The quantitative estimate of drug-likeness (QED) is 0.717. The Morgan fingerprint density at radius 3 is 2.08 bits per heavy atom. The predicted molar refractivity (Wildman–Crippen MR) is 101 cm³/mol. The van der Waals surface area contributed by atoms with E-state index in [-0.39, 0.29) is 6.10 Å². The average Bonchev–Trinajstić information content (AvgIpc) is 2.61. The SMILES string of the molecule is COc1ccc(CN(Cc2ccccc2)C[C@H](O)COC(C)C)cc1. The van der Waals surface area contributed by atoms with Gasteiger partial charge in [0, 0.05) is 19.6 Å². The first-order valence-electron chi connectivity index (χ1n) is 8.75. The van der Waals surface area contributed by atoms with Crippen molar-refractivity contribution in [3.63, 3.8) is 0 Å². The van der Waals surface area contributed by atoms with E-state index in [1.165, 1.54) is 11.1 Å². The summed E-state index contributed by atoms with van der Waals surface area (Å²) in [5, 5.41) is 10.3. The zero-order valence-corrected chi connectivity index (χ0v) is 15.4. The standard InChI is InChI=1S/C21H29NO3/c1-17(2)25-16-20(23)15-22(13-18-7-5-4-6-8-18)14-19-9-11-21(24-3)12-10-19/h4-12,17,20,23H,13-16H2,1-3H3/t20-/m0/s1. The molecule has 4 heteroatoms. The second-order valence-electron chi connectivity index (χ2n) is 6.54. The minimum Gasteiger partial charge on any atom is -0.497 e. The van der Waals surface area contributed by atoms with Crippen molar-refractivity contribution in [3.05, 3.63) is 65.7 Å². The van der Waals surface area contributed by atoms with Gasteiger partial charge in [0.1, 0.15) is 5.75 Å². The number of nitrogens with zero attached hydrogens (tertiary/aromatic N) is 1. The van der Waals surface area contributed by atoms with Crippen LogP contribution >= 0.6 is 0 Å². The third kappa shape index (κ3) is 7.26. The van der Waals surface area contributed by atoms with Gasteiger partial charge in [0.15, 0.2) is 0 Å². The molecule has 0 fully saturated rings. The van der Waals surface area contributed by atoms with Gasteiger partial charge in [-0.05, 0) is 37.1 Å². The van der Waals surface area contributed by atoms with Crippen molar-refractivity contribution in [3.8, 4) is 5.75 Å². The van der Waals surface area contributed by atoms with Crippen molar-refractivity contribution < 1.29 is 14.6 Å². The highest BCUT2D eigenvalue weighted by Gasteiger charge is 2.14. The number of benzene rings is 2. The van der Waals surface area contributed by atoms with Crippen LogP contribution in [0.3, 0.4) is 0 Å². The van der Waals surface area contributed by atoms with Gasteiger partial charge in [-0.15, -0.1) is 0 Å². The molecule has 0 aliphatic carbocycles. The Hall–Kier alpha value is -1.88. The van der Waals surface area contributed by atoms with Crippen LogP contribution in [0.1, 0.15) is 25.0 Å². The minimum absolute atomic E-state index is 0.124. The lowest BCUT2D eigenvalue weighted by Gasteiger charge is -2.26. The van der Waals surface area contributed by atoms with E-state index < -0.39 is 6.10 Å². The molecule has 0 aliphatic rings. The van der Waals surface area contributed by atoms with Gasteiger partial charge in [-0.1, -0.05) is 42.5 Å². The van der Waals surface area contributed by atoms with Crippen LogP contribution in [0.5, 0.6) is 5.75 Å². The fraction of sp³-hybridized carbons (Fsp3) is 0.429. The first kappa shape index (κ1) is 19.4. The third-order valence-electron chi connectivity index (χ3n) is 3.91. The summed E-state index contributed by atoms with van der Waals surface area (Å²) in [6, 6.07) is 18.4. The van der Waals surface area contributed by atoms with Crippen LogP contribution in [0.25, 0.3) is 0 Å². The van der Waals surface area contributed by atoms with Crippen molar-refractivity contribution in [1.82, 2.24) is 4.90 Å². The number of ether oxygens (including phenoxy) is 2. The Bertz CT molecular complexity index is 598. The lowest BCUT2D eigenvalue weighted by molar-refractivity contribution is -0.0106. The van der Waals surface area contributed by atoms with E-state index in [2.05, 4.69) is 29.2 Å². The normalized spacial score (nSPS) is 12.6. The monoisotopic (exact) mass is 343 g/mol. The number of methoxy groups -OCH3 is 1. The minimum atomic E-state index is -0.510. The molecule has 2 aromatic rings. The molecule has 0 radical (unpaired) electrons. The van der Waals surface area contributed by atoms with E-state index in [1.54, 1.807) is 7.11 Å². The largest absolute Gasteiger partial charge is 0.497 e. The smallest absolute Gasteiger partial charge is 0.118 e. The highest BCUT2D eigenvalue weighted by molar-refractivity contribution is 5.27. The van der Waals surface area contributed by atoms with Crippen LogP contribution in [-0.4, -0.2) is 42.5 Å². The van der Waals surface area contributed by atoms with Crippen molar-refractivity contribution in [2.75, 3.05) is 20.3 Å². The van der Waals surface area contributed by atoms with Gasteiger partial charge in [-0.25, -0.2) is 0 Å². The molecule has 25 heavy (non-hydrogen) atoms. The van der Waals surface area contributed by atoms with E-state index in [0.717, 1.165) is 18.8 Å². The van der Waals surface area contributed by atoms with Crippen LogP contribution < -0.4 is 4.74 Å². The zero-order valence-electron chi connectivity index (χ0n) is 15.4. The molecule has 0 unspecified atom stereocenters. The Kier molecular flexibility index (Phi) is 7.92. The maximum absolute atomic E-state index is 10.3. The molecule has 2 aromatic carbocycles. The van der Waals surface area contributed by atoms with Crippen molar-refractivity contribution in [2.24, 2.45) is 0 Å². The summed E-state index contributed by atoms with van der Waals surface area (Å²) in [6.45, 7) is 6.42. The molecule has 2 rings (SSSR count). The number of aliphatic hydroxyl groups excluding tert-OH is 1. The van der Waals surface area contributed by atoms with Crippen LogP contribution in [0.15, 0.2) is 54.6 Å². The van der Waals surface area contributed by atoms with E-state index in [9.17, 15) is 5.11 Å². The maximum Gasteiger partial charge on any atom is 0.118 e. The summed E-state index contributed by atoms with van der Waals surface area (Å²) in [5.74, 6) is 0.851. The van der Waals surface area contributed by atoms with Gasteiger partial charge < -0.3 is 14.6 Å². The van der Waals surface area contributed by atoms with Crippen LogP contribution in [0.2, 0.25) is 0 Å². The Morgan fingerprint density at radius 2 is 1.52 bits per heavy atom. The first-order valence-corrected chi connectivity index (χ1v) is 8.75. The Labute approximate surface area is 151 Å². The van der Waals surface area contributed by atoms with E-state index >= 15 is 0 Å². The second-order valence-corrected chi connectivity index (χ2v) is 6.54. The molecule has 0 heterocycles. The molecule has 0 spiro atoms. The molecule has 1 atom stereocenters. The molecular weight excluding hydrogens is 314 g/mol. The third-order valence-corrected chi connectivity index (χ3v) is 3.91. The first-order chi connectivity index (χ1) is 12.1. The van der Waals surface area contributed by atoms with Gasteiger partial charge in [-0.2, -0.15) is 0 Å². The number of aliphatic hydroxyl groups is 1. The summed E-state index contributed by atoms with van der Waals surface area (Å²) in [6.07, 6.45) is -0.386. The molecule has 0 bridgehead atoms. The molecule has 0 saturated heterocycles. The van der Waals surface area contributed by atoms with E-state index in [4.69, 9.17) is 9.47 Å². The maximum atomic E-state index is 10.3. The number of hydrogen-bond acceptors (Lipinski definition) is 4. The number of rotatable bonds is 10. The van der Waals surface area contributed by atoms with Gasteiger partial charge in [-0.3, -0.25) is 4.90 Å². The molecule has 0 saturated carbocycles. The van der Waals surface area contributed by atoms with E-state index in [1.807, 2.05) is 44.2 Å². The predicted octanol–water partition coefficient (Wildman–Crippen LogP) is 3.48. The highest BCUT2D eigenvalue weighted by Crippen LogP contribution is 2.15. The van der Waals surface area contributed by atoms with Gasteiger partial charge in [0.2, 0.25) is 0 Å². The second kappa shape index (κ2) is 10.2. The lowest BCUT2D eigenvalue weighted by Crippen LogP contribution is -2.34. The summed E-state index contributed by atoms with van der Waals surface area (Å²) in [4.78, 5) is 2.24. The highest BCUT2D eigenvalue weighted by atomic mass is 16.5. The van der Waals surface area contributed by atoms with Gasteiger partial charge in [0.05, 0.1) is 25.9 Å². The summed E-state index contributed by atoms with van der Waals surface area (Å²) in [7, 11) is 1.67.